The van der Waals surface area contributed by atoms with Gasteiger partial charge in [-0.3, -0.25) is 0 Å². The van der Waals surface area contributed by atoms with Crippen LogP contribution < -0.4 is 0 Å². The highest BCUT2D eigenvalue weighted by Crippen LogP contribution is 2.39. The van der Waals surface area contributed by atoms with Crippen molar-refractivity contribution in [1.82, 2.24) is 0 Å². The van der Waals surface area contributed by atoms with Crippen molar-refractivity contribution >= 4 is 0 Å². The molecule has 1 rings (SSSR count). The number of hydrogen-bond donors (Lipinski definition) is 1. The summed E-state index contributed by atoms with van der Waals surface area (Å²) in [6.07, 6.45) is 6.38. The monoisotopic (exact) mass is 195 g/mol. The molecule has 0 aliphatic heterocycles. The molecule has 1 aliphatic carbocycles. The summed E-state index contributed by atoms with van der Waals surface area (Å²) in [7, 11) is 0. The Morgan fingerprint density at radius 3 is 3.14 bits per heavy atom. The summed E-state index contributed by atoms with van der Waals surface area (Å²) < 4.78 is 0. The fourth-order valence-electron chi connectivity index (χ4n) is 2.20. The van der Waals surface area contributed by atoms with E-state index >= 15 is 0 Å². The summed E-state index contributed by atoms with van der Waals surface area (Å²) in [6.45, 7) is 4.21. The average molecular weight is 195 g/mol. The van der Waals surface area contributed by atoms with Gasteiger partial charge in [0.2, 0.25) is 0 Å². The topological polar surface area (TPSA) is 69.0 Å². The molecule has 1 saturated carbocycles. The molecular formula is C10H17N3O. The summed E-state index contributed by atoms with van der Waals surface area (Å²) in [6, 6.07) is 0. The van der Waals surface area contributed by atoms with Gasteiger partial charge in [-0.1, -0.05) is 11.2 Å². The first-order chi connectivity index (χ1) is 6.73. The molecule has 1 N–H and O–H groups in total. The van der Waals surface area contributed by atoms with E-state index in [2.05, 4.69) is 16.6 Å². The molecule has 0 spiro atoms. The van der Waals surface area contributed by atoms with Gasteiger partial charge in [-0.25, -0.2) is 0 Å². The highest BCUT2D eigenvalue weighted by molar-refractivity contribution is 5.04. The summed E-state index contributed by atoms with van der Waals surface area (Å²) in [5, 5.41) is 13.6. The van der Waals surface area contributed by atoms with Gasteiger partial charge >= 0.3 is 0 Å². The van der Waals surface area contributed by atoms with E-state index in [4.69, 9.17) is 5.53 Å². The summed E-state index contributed by atoms with van der Waals surface area (Å²) >= 11 is 0. The van der Waals surface area contributed by atoms with Crippen LogP contribution in [0.5, 0.6) is 0 Å². The first-order valence-corrected chi connectivity index (χ1v) is 5.10. The fraction of sp³-hybridized carbons (Fsp3) is 0.800. The van der Waals surface area contributed by atoms with Crippen molar-refractivity contribution in [3.8, 4) is 0 Å². The van der Waals surface area contributed by atoms with Gasteiger partial charge in [0.1, 0.15) is 0 Å². The summed E-state index contributed by atoms with van der Waals surface area (Å²) in [5.41, 5.74) is 7.43. The minimum atomic E-state index is -0.670. The smallest absolute Gasteiger partial charge is 0.0853 e. The highest BCUT2D eigenvalue weighted by atomic mass is 16.3. The number of aliphatic hydroxyl groups is 1. The molecule has 0 aromatic carbocycles. The molecule has 0 unspecified atom stereocenters. The van der Waals surface area contributed by atoms with Gasteiger partial charge in [0.05, 0.1) is 5.60 Å². The Morgan fingerprint density at radius 2 is 2.50 bits per heavy atom. The molecule has 1 aliphatic rings. The Balaban J connectivity index is 2.36. The normalized spacial score (nSPS) is 31.1. The van der Waals surface area contributed by atoms with Crippen LogP contribution in [0.1, 0.15) is 32.1 Å². The Kier molecular flexibility index (Phi) is 3.98. The third-order valence-corrected chi connectivity index (χ3v) is 3.06. The van der Waals surface area contributed by atoms with E-state index in [0.717, 1.165) is 32.1 Å². The van der Waals surface area contributed by atoms with Gasteiger partial charge in [-0.2, -0.15) is 0 Å². The Morgan fingerprint density at radius 1 is 1.71 bits per heavy atom. The molecule has 1 fully saturated rings. The molecule has 0 amide bonds. The van der Waals surface area contributed by atoms with E-state index in [1.165, 1.54) is 0 Å². The predicted octanol–water partition coefficient (Wildman–Crippen LogP) is 2.79. The van der Waals surface area contributed by atoms with E-state index < -0.39 is 5.60 Å². The van der Waals surface area contributed by atoms with Gasteiger partial charge in [-0.15, -0.1) is 6.58 Å². The third kappa shape index (κ3) is 2.50. The van der Waals surface area contributed by atoms with Crippen LogP contribution in [0.4, 0.5) is 0 Å². The minimum Gasteiger partial charge on any atom is -0.386 e. The van der Waals surface area contributed by atoms with Crippen molar-refractivity contribution in [1.29, 1.82) is 0 Å². The maximum Gasteiger partial charge on any atom is 0.0853 e. The standard InChI is InChI=1S/C10H17N3O/c1-2-10(14)7-3-5-9(10)6-4-8-12-13-11/h2,9,14H,1,3-8H2/t9-,10+/m0/s1. The highest BCUT2D eigenvalue weighted by Gasteiger charge is 2.37. The molecule has 78 valence electrons. The summed E-state index contributed by atoms with van der Waals surface area (Å²) in [5.74, 6) is 0.300. The van der Waals surface area contributed by atoms with Crippen LogP contribution in [0.25, 0.3) is 10.4 Å². The lowest BCUT2D eigenvalue weighted by atomic mass is 9.87. The number of azide groups is 1. The van der Waals surface area contributed by atoms with Crippen molar-refractivity contribution in [2.45, 2.75) is 37.7 Å². The van der Waals surface area contributed by atoms with Gasteiger partial charge in [-0.05, 0) is 43.6 Å². The number of hydrogen-bond acceptors (Lipinski definition) is 2. The molecule has 14 heavy (non-hydrogen) atoms. The molecule has 0 aromatic rings. The van der Waals surface area contributed by atoms with Crippen LogP contribution in [0.2, 0.25) is 0 Å². The molecule has 0 aromatic heterocycles. The largest absolute Gasteiger partial charge is 0.386 e. The van der Waals surface area contributed by atoms with E-state index in [0.29, 0.717) is 12.5 Å². The zero-order valence-corrected chi connectivity index (χ0v) is 8.39. The summed E-state index contributed by atoms with van der Waals surface area (Å²) in [4.78, 5) is 2.70. The van der Waals surface area contributed by atoms with Gasteiger partial charge < -0.3 is 5.11 Å². The zero-order valence-electron chi connectivity index (χ0n) is 8.39. The van der Waals surface area contributed by atoms with Crippen LogP contribution in [0.3, 0.4) is 0 Å². The maximum atomic E-state index is 10.1. The number of rotatable bonds is 5. The Hall–Kier alpha value is -0.990. The fourth-order valence-corrected chi connectivity index (χ4v) is 2.20. The van der Waals surface area contributed by atoms with Crippen LogP contribution >= 0.6 is 0 Å². The Bertz CT molecular complexity index is 248. The van der Waals surface area contributed by atoms with Crippen molar-refractivity contribution in [2.75, 3.05) is 6.54 Å². The van der Waals surface area contributed by atoms with Crippen LogP contribution in [0.15, 0.2) is 17.8 Å². The van der Waals surface area contributed by atoms with Crippen molar-refractivity contribution in [3.63, 3.8) is 0 Å². The first-order valence-electron chi connectivity index (χ1n) is 5.10. The molecular weight excluding hydrogens is 178 g/mol. The predicted molar refractivity (Wildman–Crippen MR) is 55.7 cm³/mol. The van der Waals surface area contributed by atoms with E-state index in [9.17, 15) is 5.11 Å². The Labute approximate surface area is 84.3 Å². The van der Waals surface area contributed by atoms with Crippen LogP contribution in [0, 0.1) is 5.92 Å². The van der Waals surface area contributed by atoms with E-state index in [-0.39, 0.29) is 0 Å². The quantitative estimate of drug-likeness (QED) is 0.237. The lowest BCUT2D eigenvalue weighted by Crippen LogP contribution is -2.30. The molecule has 0 saturated heterocycles. The second-order valence-electron chi connectivity index (χ2n) is 3.88. The lowest BCUT2D eigenvalue weighted by Gasteiger charge is -2.26. The van der Waals surface area contributed by atoms with Crippen molar-refractivity contribution in [2.24, 2.45) is 11.0 Å². The molecule has 0 radical (unpaired) electrons. The van der Waals surface area contributed by atoms with E-state index in [1.807, 2.05) is 0 Å². The van der Waals surface area contributed by atoms with Crippen LogP contribution in [-0.4, -0.2) is 17.3 Å². The third-order valence-electron chi connectivity index (χ3n) is 3.06. The molecule has 4 heteroatoms. The zero-order chi connectivity index (χ0) is 10.4. The maximum absolute atomic E-state index is 10.1. The van der Waals surface area contributed by atoms with Gasteiger partial charge in [0, 0.05) is 11.5 Å². The van der Waals surface area contributed by atoms with Gasteiger partial charge in [0.25, 0.3) is 0 Å². The first kappa shape index (κ1) is 11.1. The lowest BCUT2D eigenvalue weighted by molar-refractivity contribution is 0.0471. The molecule has 0 bridgehead atoms. The SMILES string of the molecule is C=C[C@@]1(O)CCC[C@H]1CCCN=[N+]=[N-]. The molecule has 0 heterocycles. The molecule has 2 atom stereocenters. The number of nitrogens with zero attached hydrogens (tertiary/aromatic N) is 3. The minimum absolute atomic E-state index is 0.300. The molecule has 4 nitrogen and oxygen atoms in total. The van der Waals surface area contributed by atoms with E-state index in [1.54, 1.807) is 6.08 Å². The van der Waals surface area contributed by atoms with Gasteiger partial charge in [0.15, 0.2) is 0 Å². The van der Waals surface area contributed by atoms with Crippen molar-refractivity contribution < 1.29 is 5.11 Å². The van der Waals surface area contributed by atoms with Crippen LogP contribution in [-0.2, 0) is 0 Å². The second-order valence-corrected chi connectivity index (χ2v) is 3.88. The average Bonchev–Trinajstić information content (AvgIpc) is 2.56. The second kappa shape index (κ2) is 5.03. The van der Waals surface area contributed by atoms with Crippen molar-refractivity contribution in [3.05, 3.63) is 23.1 Å².